The molecule has 156 valence electrons. The van der Waals surface area contributed by atoms with Crippen molar-refractivity contribution in [2.45, 2.75) is 52.1 Å². The Morgan fingerprint density at radius 2 is 1.40 bits per heavy atom. The quantitative estimate of drug-likeness (QED) is 0.510. The molecule has 4 rings (SSSR count). The van der Waals surface area contributed by atoms with E-state index in [1.54, 1.807) is 12.1 Å². The molecule has 3 atom stereocenters. The van der Waals surface area contributed by atoms with E-state index in [0.717, 1.165) is 30.4 Å². The number of carbonyl (C=O) groups excluding carboxylic acids is 3. The van der Waals surface area contributed by atoms with Crippen molar-refractivity contribution in [2.75, 3.05) is 0 Å². The minimum absolute atomic E-state index is 0.0272. The highest BCUT2D eigenvalue weighted by Crippen LogP contribution is 2.41. The third kappa shape index (κ3) is 4.23. The number of ether oxygens (including phenoxy) is 1. The molecule has 0 N–H and O–H groups in total. The molecule has 2 saturated carbocycles. The van der Waals surface area contributed by atoms with E-state index in [0.29, 0.717) is 29.8 Å². The summed E-state index contributed by atoms with van der Waals surface area (Å²) in [6.07, 6.45) is 2.91. The highest BCUT2D eigenvalue weighted by atomic mass is 16.5. The molecular weight excluding hydrogens is 376 g/mol. The fourth-order valence-electron chi connectivity index (χ4n) is 4.77. The van der Waals surface area contributed by atoms with Crippen molar-refractivity contribution in [1.29, 1.82) is 0 Å². The molecule has 0 heterocycles. The van der Waals surface area contributed by atoms with Gasteiger partial charge in [0.25, 0.3) is 0 Å². The summed E-state index contributed by atoms with van der Waals surface area (Å²) in [6.45, 7) is 3.94. The first kappa shape index (κ1) is 20.5. The summed E-state index contributed by atoms with van der Waals surface area (Å²) >= 11 is 0. The van der Waals surface area contributed by atoms with Gasteiger partial charge in [-0.15, -0.1) is 0 Å². The molecule has 2 aliphatic rings. The number of hydrogen-bond acceptors (Lipinski definition) is 4. The van der Waals surface area contributed by atoms with Crippen molar-refractivity contribution in [2.24, 2.45) is 17.8 Å². The number of Topliss-reactive ketones (excluding diaryl/α,β-unsaturated/α-hetero) is 2. The van der Waals surface area contributed by atoms with Gasteiger partial charge in [0, 0.05) is 23.0 Å². The van der Waals surface area contributed by atoms with Crippen molar-refractivity contribution in [3.63, 3.8) is 0 Å². The van der Waals surface area contributed by atoms with Crippen LogP contribution in [0.25, 0.3) is 0 Å². The van der Waals surface area contributed by atoms with Gasteiger partial charge in [0.1, 0.15) is 5.78 Å². The third-order valence-corrected chi connectivity index (χ3v) is 6.57. The third-order valence-electron chi connectivity index (χ3n) is 6.57. The molecule has 3 unspecified atom stereocenters. The first-order valence-electron chi connectivity index (χ1n) is 10.8. The van der Waals surface area contributed by atoms with Gasteiger partial charge in [-0.25, -0.2) is 0 Å². The molecule has 0 amide bonds. The first-order valence-corrected chi connectivity index (χ1v) is 10.8. The predicted octanol–water partition coefficient (Wildman–Crippen LogP) is 5.17. The van der Waals surface area contributed by atoms with Gasteiger partial charge in [-0.05, 0) is 39.5 Å². The van der Waals surface area contributed by atoms with Gasteiger partial charge in [-0.1, -0.05) is 66.1 Å². The molecule has 0 aromatic heterocycles. The summed E-state index contributed by atoms with van der Waals surface area (Å²) in [5.41, 5.74) is 3.33. The highest BCUT2D eigenvalue weighted by Gasteiger charge is 2.42. The van der Waals surface area contributed by atoms with Gasteiger partial charge in [-0.2, -0.15) is 0 Å². The van der Waals surface area contributed by atoms with Crippen LogP contribution in [0.5, 0.6) is 0 Å². The van der Waals surface area contributed by atoms with Crippen LogP contribution in [0.3, 0.4) is 0 Å². The lowest BCUT2D eigenvalue weighted by Crippen LogP contribution is -2.40. The highest BCUT2D eigenvalue weighted by molar-refractivity contribution is 6.01. The van der Waals surface area contributed by atoms with Crippen LogP contribution < -0.4 is 0 Å². The van der Waals surface area contributed by atoms with Gasteiger partial charge in [0.2, 0.25) is 5.78 Å². The minimum atomic E-state index is -0.974. The van der Waals surface area contributed by atoms with Gasteiger partial charge in [0.05, 0.1) is 5.92 Å². The largest absolute Gasteiger partial charge is 0.449 e. The zero-order chi connectivity index (χ0) is 21.3. The fraction of sp³-hybridized carbons (Fsp3) is 0.423. The molecule has 4 heteroatoms. The van der Waals surface area contributed by atoms with Gasteiger partial charge in [-0.3, -0.25) is 14.4 Å². The van der Waals surface area contributed by atoms with E-state index in [-0.39, 0.29) is 29.5 Å². The molecule has 2 bridgehead atoms. The van der Waals surface area contributed by atoms with E-state index in [9.17, 15) is 14.4 Å². The van der Waals surface area contributed by atoms with Crippen LogP contribution >= 0.6 is 0 Å². The van der Waals surface area contributed by atoms with Gasteiger partial charge < -0.3 is 4.74 Å². The second-order valence-electron chi connectivity index (χ2n) is 8.85. The average molecular weight is 405 g/mol. The summed E-state index contributed by atoms with van der Waals surface area (Å²) in [4.78, 5) is 38.7. The SMILES string of the molecule is Cc1ccc(C(=O)C(OC(=O)C2CC3CCCC(C2)C3=O)c2ccc(C)cc2)cc1. The average Bonchev–Trinajstić information content (AvgIpc) is 2.72. The molecule has 2 aliphatic carbocycles. The summed E-state index contributed by atoms with van der Waals surface area (Å²) in [5.74, 6) is -0.626. The topological polar surface area (TPSA) is 60.4 Å². The van der Waals surface area contributed by atoms with Gasteiger partial charge in [0.15, 0.2) is 6.10 Å². The van der Waals surface area contributed by atoms with Crippen molar-refractivity contribution in [1.82, 2.24) is 0 Å². The zero-order valence-electron chi connectivity index (χ0n) is 17.6. The monoisotopic (exact) mass is 404 g/mol. The minimum Gasteiger partial charge on any atom is -0.449 e. The Morgan fingerprint density at radius 1 is 0.867 bits per heavy atom. The predicted molar refractivity (Wildman–Crippen MR) is 114 cm³/mol. The van der Waals surface area contributed by atoms with E-state index < -0.39 is 6.10 Å². The molecule has 4 nitrogen and oxygen atoms in total. The Hall–Kier alpha value is -2.75. The van der Waals surface area contributed by atoms with Gasteiger partial charge >= 0.3 is 5.97 Å². The van der Waals surface area contributed by atoms with E-state index in [2.05, 4.69) is 0 Å². The van der Waals surface area contributed by atoms with E-state index in [1.165, 1.54) is 0 Å². The fourth-order valence-corrected chi connectivity index (χ4v) is 4.77. The van der Waals surface area contributed by atoms with Crippen LogP contribution in [0.1, 0.15) is 65.3 Å². The maximum Gasteiger partial charge on any atom is 0.310 e. The van der Waals surface area contributed by atoms with Crippen molar-refractivity contribution in [3.8, 4) is 0 Å². The summed E-state index contributed by atoms with van der Waals surface area (Å²) in [6, 6.07) is 14.8. The maximum absolute atomic E-state index is 13.3. The van der Waals surface area contributed by atoms with Crippen LogP contribution in [0.4, 0.5) is 0 Å². The summed E-state index contributed by atoms with van der Waals surface area (Å²) < 4.78 is 5.86. The Morgan fingerprint density at radius 3 is 1.97 bits per heavy atom. The Kier molecular flexibility index (Phi) is 5.85. The van der Waals surface area contributed by atoms with Crippen LogP contribution in [0, 0.1) is 31.6 Å². The normalized spacial score (nSPS) is 24.2. The van der Waals surface area contributed by atoms with Crippen LogP contribution in [0.2, 0.25) is 0 Å². The lowest BCUT2D eigenvalue weighted by Gasteiger charge is -2.37. The molecule has 30 heavy (non-hydrogen) atoms. The molecule has 0 spiro atoms. The lowest BCUT2D eigenvalue weighted by atomic mass is 9.67. The Balaban J connectivity index is 1.57. The summed E-state index contributed by atoms with van der Waals surface area (Å²) in [7, 11) is 0. The smallest absolute Gasteiger partial charge is 0.310 e. The van der Waals surface area contributed by atoms with E-state index >= 15 is 0 Å². The van der Waals surface area contributed by atoms with Crippen LogP contribution in [-0.2, 0) is 14.3 Å². The molecule has 0 radical (unpaired) electrons. The molecule has 2 fully saturated rings. The zero-order valence-corrected chi connectivity index (χ0v) is 17.6. The van der Waals surface area contributed by atoms with Crippen LogP contribution in [-0.4, -0.2) is 17.5 Å². The molecule has 0 aliphatic heterocycles. The van der Waals surface area contributed by atoms with Crippen LogP contribution in [0.15, 0.2) is 48.5 Å². The number of hydrogen-bond donors (Lipinski definition) is 0. The number of carbonyl (C=O) groups is 3. The van der Waals surface area contributed by atoms with E-state index in [1.807, 2.05) is 50.2 Å². The van der Waals surface area contributed by atoms with Crippen molar-refractivity contribution >= 4 is 17.5 Å². The standard InChI is InChI=1S/C26H28O4/c1-16-6-10-18(11-7-16)24(28)25(19-12-8-17(2)9-13-19)30-26(29)22-14-20-4-3-5-21(15-22)23(20)27/h6-13,20-22,25H,3-5,14-15H2,1-2H3. The molecule has 2 aromatic rings. The number of rotatable bonds is 5. The maximum atomic E-state index is 13.3. The molecule has 0 saturated heterocycles. The Labute approximate surface area is 177 Å². The van der Waals surface area contributed by atoms with Crippen molar-refractivity contribution in [3.05, 3.63) is 70.8 Å². The number of esters is 1. The summed E-state index contributed by atoms with van der Waals surface area (Å²) in [5, 5.41) is 0. The molecular formula is C26H28O4. The number of aryl methyl sites for hydroxylation is 2. The lowest BCUT2D eigenvalue weighted by molar-refractivity contribution is -0.156. The van der Waals surface area contributed by atoms with E-state index in [4.69, 9.17) is 4.74 Å². The number of benzene rings is 2. The Bertz CT molecular complexity index is 926. The number of ketones is 2. The second-order valence-corrected chi connectivity index (χ2v) is 8.85. The van der Waals surface area contributed by atoms with Crippen molar-refractivity contribution < 1.29 is 19.1 Å². The number of fused-ring (bicyclic) bond motifs is 2. The molecule has 2 aromatic carbocycles. The second kappa shape index (κ2) is 8.55. The first-order chi connectivity index (χ1) is 14.4.